The van der Waals surface area contributed by atoms with Gasteiger partial charge in [0.25, 0.3) is 0 Å². The first-order valence-electron chi connectivity index (χ1n) is 8.01. The van der Waals surface area contributed by atoms with Crippen molar-refractivity contribution in [1.82, 2.24) is 15.5 Å². The fourth-order valence-corrected chi connectivity index (χ4v) is 3.66. The van der Waals surface area contributed by atoms with Gasteiger partial charge in [0, 0.05) is 12.2 Å². The van der Waals surface area contributed by atoms with Gasteiger partial charge >= 0.3 is 0 Å². The highest BCUT2D eigenvalue weighted by Gasteiger charge is 2.09. The highest BCUT2D eigenvalue weighted by molar-refractivity contribution is 8.01. The van der Waals surface area contributed by atoms with Crippen LogP contribution in [0, 0.1) is 19.8 Å². The second-order valence-corrected chi connectivity index (χ2v) is 8.34. The maximum atomic E-state index is 11.8. The van der Waals surface area contributed by atoms with Gasteiger partial charge in [0.2, 0.25) is 11.0 Å². The Morgan fingerprint density at radius 2 is 2.08 bits per heavy atom. The Hall–Kier alpha value is -1.60. The lowest BCUT2D eigenvalue weighted by molar-refractivity contribution is -0.118. The molecule has 0 aliphatic carbocycles. The maximum Gasteiger partial charge on any atom is 0.230 e. The summed E-state index contributed by atoms with van der Waals surface area (Å²) in [4.78, 5) is 11.8. The lowest BCUT2D eigenvalue weighted by atomic mass is 10.1. The first-order valence-corrected chi connectivity index (χ1v) is 9.81. The molecule has 0 unspecified atom stereocenters. The average molecular weight is 365 g/mol. The monoisotopic (exact) mass is 364 g/mol. The zero-order chi connectivity index (χ0) is 17.5. The van der Waals surface area contributed by atoms with Crippen LogP contribution in [0.5, 0.6) is 0 Å². The van der Waals surface area contributed by atoms with E-state index in [4.69, 9.17) is 0 Å². The standard InChI is InChI=1S/C17H24N4OS2/c1-11(2)7-8-18-15(22)10-23-17-21-20-16(24-17)19-14-6-5-12(3)9-13(14)4/h5-6,9,11H,7-8,10H2,1-4H3,(H,18,22)(H,19,20). The van der Waals surface area contributed by atoms with Gasteiger partial charge in [-0.3, -0.25) is 4.79 Å². The molecule has 0 fully saturated rings. The largest absolute Gasteiger partial charge is 0.355 e. The van der Waals surface area contributed by atoms with Crippen molar-refractivity contribution in [3.05, 3.63) is 29.3 Å². The van der Waals surface area contributed by atoms with E-state index in [0.717, 1.165) is 28.1 Å². The Bertz CT molecular complexity index is 685. The summed E-state index contributed by atoms with van der Waals surface area (Å²) in [5, 5.41) is 15.2. The number of carbonyl (C=O) groups is 1. The van der Waals surface area contributed by atoms with Crippen molar-refractivity contribution in [2.24, 2.45) is 5.92 Å². The van der Waals surface area contributed by atoms with Gasteiger partial charge in [0.05, 0.1) is 5.75 Å². The number of anilines is 2. The van der Waals surface area contributed by atoms with Gasteiger partial charge in [0.1, 0.15) is 0 Å². The predicted molar refractivity (Wildman–Crippen MR) is 102 cm³/mol. The molecule has 0 saturated carbocycles. The minimum absolute atomic E-state index is 0.0414. The Kier molecular flexibility index (Phi) is 7.05. The van der Waals surface area contributed by atoms with Crippen molar-refractivity contribution >= 4 is 39.8 Å². The molecule has 0 saturated heterocycles. The highest BCUT2D eigenvalue weighted by atomic mass is 32.2. The normalized spacial score (nSPS) is 10.9. The van der Waals surface area contributed by atoms with Gasteiger partial charge in [0.15, 0.2) is 4.34 Å². The molecule has 0 atom stereocenters. The molecular formula is C17H24N4OS2. The van der Waals surface area contributed by atoms with Crippen LogP contribution in [0.1, 0.15) is 31.4 Å². The SMILES string of the molecule is Cc1ccc(Nc2nnc(SCC(=O)NCCC(C)C)s2)c(C)c1. The fourth-order valence-electron chi connectivity index (χ4n) is 2.07. The van der Waals surface area contributed by atoms with Gasteiger partial charge in [-0.15, -0.1) is 10.2 Å². The van der Waals surface area contributed by atoms with Crippen LogP contribution >= 0.6 is 23.1 Å². The highest BCUT2D eigenvalue weighted by Crippen LogP contribution is 2.28. The van der Waals surface area contributed by atoms with E-state index in [1.165, 1.54) is 34.2 Å². The number of rotatable bonds is 8. The van der Waals surface area contributed by atoms with Crippen LogP contribution in [0.3, 0.4) is 0 Å². The molecule has 2 rings (SSSR count). The van der Waals surface area contributed by atoms with Gasteiger partial charge in [-0.25, -0.2) is 0 Å². The zero-order valence-corrected chi connectivity index (χ0v) is 16.2. The van der Waals surface area contributed by atoms with Crippen molar-refractivity contribution in [3.63, 3.8) is 0 Å². The molecule has 24 heavy (non-hydrogen) atoms. The van der Waals surface area contributed by atoms with Gasteiger partial charge in [-0.05, 0) is 37.8 Å². The number of hydrogen-bond donors (Lipinski definition) is 2. The van der Waals surface area contributed by atoms with Crippen molar-refractivity contribution in [3.8, 4) is 0 Å². The van der Waals surface area contributed by atoms with Crippen LogP contribution in [-0.4, -0.2) is 28.4 Å². The molecule has 1 aromatic carbocycles. The van der Waals surface area contributed by atoms with Gasteiger partial charge < -0.3 is 10.6 Å². The number of benzene rings is 1. The Morgan fingerprint density at radius 3 is 2.79 bits per heavy atom. The minimum Gasteiger partial charge on any atom is -0.355 e. The van der Waals surface area contributed by atoms with E-state index < -0.39 is 0 Å². The molecule has 130 valence electrons. The van der Waals surface area contributed by atoms with E-state index >= 15 is 0 Å². The van der Waals surface area contributed by atoms with Crippen molar-refractivity contribution in [2.75, 3.05) is 17.6 Å². The lowest BCUT2D eigenvalue weighted by Crippen LogP contribution is -2.26. The topological polar surface area (TPSA) is 66.9 Å². The quantitative estimate of drug-likeness (QED) is 0.689. The number of nitrogens with one attached hydrogen (secondary N) is 2. The third kappa shape index (κ3) is 6.13. The molecule has 2 aromatic rings. The summed E-state index contributed by atoms with van der Waals surface area (Å²) in [5.41, 5.74) is 3.43. The van der Waals surface area contributed by atoms with E-state index in [1.807, 2.05) is 6.07 Å². The number of aryl methyl sites for hydroxylation is 2. The molecule has 1 amide bonds. The van der Waals surface area contributed by atoms with E-state index in [9.17, 15) is 4.79 Å². The Labute approximate surface area is 151 Å². The Balaban J connectivity index is 1.81. The molecule has 1 heterocycles. The first-order chi connectivity index (χ1) is 11.4. The van der Waals surface area contributed by atoms with Crippen LogP contribution in [0.2, 0.25) is 0 Å². The van der Waals surface area contributed by atoms with Gasteiger partial charge in [-0.2, -0.15) is 0 Å². The molecule has 0 spiro atoms. The third-order valence-electron chi connectivity index (χ3n) is 3.40. The molecule has 0 bridgehead atoms. The van der Waals surface area contributed by atoms with E-state index in [-0.39, 0.29) is 5.91 Å². The van der Waals surface area contributed by atoms with Gasteiger partial charge in [-0.1, -0.05) is 54.6 Å². The number of nitrogens with zero attached hydrogens (tertiary/aromatic N) is 2. The molecule has 7 heteroatoms. The fraction of sp³-hybridized carbons (Fsp3) is 0.471. The summed E-state index contributed by atoms with van der Waals surface area (Å²) in [6.45, 7) is 9.15. The van der Waals surface area contributed by atoms with Crippen LogP contribution in [0.25, 0.3) is 0 Å². The average Bonchev–Trinajstić information content (AvgIpc) is 2.95. The van der Waals surface area contributed by atoms with Crippen LogP contribution in [0.15, 0.2) is 22.5 Å². The minimum atomic E-state index is 0.0414. The number of aromatic nitrogens is 2. The van der Waals surface area contributed by atoms with Crippen molar-refractivity contribution < 1.29 is 4.79 Å². The molecular weight excluding hydrogens is 340 g/mol. The molecule has 1 aromatic heterocycles. The second kappa shape index (κ2) is 9.03. The maximum absolute atomic E-state index is 11.8. The van der Waals surface area contributed by atoms with E-state index in [2.05, 4.69) is 60.7 Å². The zero-order valence-electron chi connectivity index (χ0n) is 14.5. The first kappa shape index (κ1) is 18.7. The summed E-state index contributed by atoms with van der Waals surface area (Å²) in [7, 11) is 0. The molecule has 0 radical (unpaired) electrons. The predicted octanol–water partition coefficient (Wildman–Crippen LogP) is 4.15. The smallest absolute Gasteiger partial charge is 0.230 e. The molecule has 0 aliphatic heterocycles. The second-order valence-electron chi connectivity index (χ2n) is 6.14. The molecule has 5 nitrogen and oxygen atoms in total. The number of hydrogen-bond acceptors (Lipinski definition) is 6. The van der Waals surface area contributed by atoms with Crippen molar-refractivity contribution in [2.45, 2.75) is 38.5 Å². The van der Waals surface area contributed by atoms with Crippen LogP contribution < -0.4 is 10.6 Å². The van der Waals surface area contributed by atoms with E-state index in [0.29, 0.717) is 11.7 Å². The molecule has 2 N–H and O–H groups in total. The lowest BCUT2D eigenvalue weighted by Gasteiger charge is -2.06. The van der Waals surface area contributed by atoms with Crippen LogP contribution in [0.4, 0.5) is 10.8 Å². The summed E-state index contributed by atoms with van der Waals surface area (Å²) < 4.78 is 0.793. The summed E-state index contributed by atoms with van der Waals surface area (Å²) in [5.74, 6) is 1.01. The Morgan fingerprint density at radius 1 is 1.29 bits per heavy atom. The summed E-state index contributed by atoms with van der Waals surface area (Å²) >= 11 is 2.88. The van der Waals surface area contributed by atoms with Crippen molar-refractivity contribution in [1.29, 1.82) is 0 Å². The van der Waals surface area contributed by atoms with Crippen LogP contribution in [-0.2, 0) is 4.79 Å². The summed E-state index contributed by atoms with van der Waals surface area (Å²) in [6.07, 6.45) is 0.999. The molecule has 0 aliphatic rings. The number of amides is 1. The number of thioether (sulfide) groups is 1. The number of carbonyl (C=O) groups excluding carboxylic acids is 1. The third-order valence-corrected chi connectivity index (χ3v) is 5.37. The van der Waals surface area contributed by atoms with E-state index in [1.54, 1.807) is 0 Å². The summed E-state index contributed by atoms with van der Waals surface area (Å²) in [6, 6.07) is 6.23.